The zero-order valence-electron chi connectivity index (χ0n) is 16.7. The zero-order chi connectivity index (χ0) is 21.3. The van der Waals surface area contributed by atoms with Gasteiger partial charge in [-0.2, -0.15) is 0 Å². The Labute approximate surface area is 180 Å². The largest absolute Gasteiger partial charge is 0.491 e. The highest BCUT2D eigenvalue weighted by molar-refractivity contribution is 6.32. The van der Waals surface area contributed by atoms with Crippen LogP contribution in [0, 0.1) is 10.1 Å². The van der Waals surface area contributed by atoms with Crippen molar-refractivity contribution in [2.75, 3.05) is 52.5 Å². The third-order valence-corrected chi connectivity index (χ3v) is 5.22. The third-order valence-electron chi connectivity index (χ3n) is 4.91. The van der Waals surface area contributed by atoms with E-state index in [2.05, 4.69) is 9.80 Å². The second kappa shape index (κ2) is 11.1. The number of para-hydroxylation sites is 1. The molecule has 0 amide bonds. The first-order chi connectivity index (χ1) is 14.5. The van der Waals surface area contributed by atoms with Gasteiger partial charge in [-0.25, -0.2) is 0 Å². The van der Waals surface area contributed by atoms with Crippen LogP contribution in [0.1, 0.15) is 0 Å². The fourth-order valence-corrected chi connectivity index (χ4v) is 3.46. The Kier molecular flexibility index (Phi) is 8.27. The number of ether oxygens (including phenoxy) is 2. The van der Waals surface area contributed by atoms with Crippen LogP contribution in [0.5, 0.6) is 11.5 Å². The molecule has 1 aliphatic heterocycles. The van der Waals surface area contributed by atoms with Crippen LogP contribution in [0.4, 0.5) is 5.69 Å². The summed E-state index contributed by atoms with van der Waals surface area (Å²) >= 11 is 6.09. The zero-order valence-corrected chi connectivity index (χ0v) is 17.4. The maximum Gasteiger partial charge on any atom is 0.273 e. The van der Waals surface area contributed by atoms with Gasteiger partial charge in [-0.1, -0.05) is 29.8 Å². The molecule has 0 aliphatic carbocycles. The Morgan fingerprint density at radius 1 is 1.07 bits per heavy atom. The molecule has 1 aliphatic rings. The van der Waals surface area contributed by atoms with Crippen LogP contribution in [0.2, 0.25) is 5.02 Å². The van der Waals surface area contributed by atoms with Crippen LogP contribution in [-0.2, 0) is 0 Å². The first-order valence-electron chi connectivity index (χ1n) is 9.88. The lowest BCUT2D eigenvalue weighted by molar-refractivity contribution is -0.384. The summed E-state index contributed by atoms with van der Waals surface area (Å²) < 4.78 is 11.2. The van der Waals surface area contributed by atoms with Gasteiger partial charge in [0, 0.05) is 45.3 Å². The van der Waals surface area contributed by atoms with E-state index in [-0.39, 0.29) is 12.3 Å². The lowest BCUT2D eigenvalue weighted by atomic mass is 10.2. The molecule has 3 rings (SSSR count). The van der Waals surface area contributed by atoms with Crippen molar-refractivity contribution in [2.45, 2.75) is 6.10 Å². The van der Waals surface area contributed by atoms with Crippen molar-refractivity contribution < 1.29 is 19.5 Å². The van der Waals surface area contributed by atoms with Gasteiger partial charge in [0.25, 0.3) is 5.69 Å². The van der Waals surface area contributed by atoms with Crippen molar-refractivity contribution in [1.29, 1.82) is 0 Å². The monoisotopic (exact) mass is 435 g/mol. The molecule has 1 fully saturated rings. The number of aliphatic hydroxyl groups is 1. The van der Waals surface area contributed by atoms with Crippen molar-refractivity contribution in [2.24, 2.45) is 0 Å². The number of piperazine rings is 1. The number of nitrogens with zero attached hydrogens (tertiary/aromatic N) is 3. The molecule has 0 bridgehead atoms. The average molecular weight is 436 g/mol. The molecule has 0 radical (unpaired) electrons. The van der Waals surface area contributed by atoms with Crippen LogP contribution in [0.3, 0.4) is 0 Å². The van der Waals surface area contributed by atoms with Crippen LogP contribution in [-0.4, -0.2) is 78.4 Å². The Morgan fingerprint density at radius 3 is 2.53 bits per heavy atom. The number of β-amino-alcohol motifs (C(OH)–C–C–N with tert-alkyl or cyclic N) is 1. The summed E-state index contributed by atoms with van der Waals surface area (Å²) in [5.74, 6) is 1.08. The number of halogens is 1. The van der Waals surface area contributed by atoms with Crippen LogP contribution < -0.4 is 9.47 Å². The minimum Gasteiger partial charge on any atom is -0.491 e. The fraction of sp³-hybridized carbons (Fsp3) is 0.429. The molecular formula is C21H26ClN3O5. The molecule has 1 atom stereocenters. The molecule has 0 saturated carbocycles. The topological polar surface area (TPSA) is 88.3 Å². The van der Waals surface area contributed by atoms with Crippen LogP contribution >= 0.6 is 11.6 Å². The van der Waals surface area contributed by atoms with Crippen molar-refractivity contribution >= 4 is 17.3 Å². The second-order valence-electron chi connectivity index (χ2n) is 7.14. The molecule has 1 saturated heterocycles. The summed E-state index contributed by atoms with van der Waals surface area (Å²) in [7, 11) is 0. The van der Waals surface area contributed by atoms with E-state index in [9.17, 15) is 15.2 Å². The average Bonchev–Trinajstić information content (AvgIpc) is 2.75. The standard InChI is InChI=1S/C21H26ClN3O5/c22-20-6-1-2-7-21(20)29-13-12-23-8-10-24(11-9-23)15-18(26)16-30-19-5-3-4-17(14-19)25(27)28/h1-7,14,18,26H,8-13,15-16H2. The summed E-state index contributed by atoms with van der Waals surface area (Å²) in [4.78, 5) is 14.8. The molecule has 9 heteroatoms. The first kappa shape index (κ1) is 22.3. The second-order valence-corrected chi connectivity index (χ2v) is 7.55. The quantitative estimate of drug-likeness (QED) is 0.453. The number of rotatable bonds is 10. The SMILES string of the molecule is O=[N+]([O-])c1cccc(OCC(O)CN2CCN(CCOc3ccccc3Cl)CC2)c1. The molecule has 1 heterocycles. The van der Waals surface area contributed by atoms with Crippen LogP contribution in [0.25, 0.3) is 0 Å². The van der Waals surface area contributed by atoms with E-state index >= 15 is 0 Å². The molecule has 2 aromatic carbocycles. The van der Waals surface area contributed by atoms with E-state index in [1.54, 1.807) is 12.1 Å². The highest BCUT2D eigenvalue weighted by Crippen LogP contribution is 2.23. The fourth-order valence-electron chi connectivity index (χ4n) is 3.27. The van der Waals surface area contributed by atoms with Gasteiger partial charge in [0.1, 0.15) is 30.8 Å². The molecule has 0 spiro atoms. The highest BCUT2D eigenvalue weighted by Gasteiger charge is 2.19. The Balaban J connectivity index is 1.32. The van der Waals surface area contributed by atoms with E-state index in [1.165, 1.54) is 12.1 Å². The minimum atomic E-state index is -0.667. The van der Waals surface area contributed by atoms with Gasteiger partial charge >= 0.3 is 0 Å². The maximum absolute atomic E-state index is 10.8. The molecule has 0 aromatic heterocycles. The summed E-state index contributed by atoms with van der Waals surface area (Å²) in [6.45, 7) is 5.46. The Bertz CT molecular complexity index is 830. The van der Waals surface area contributed by atoms with E-state index in [0.29, 0.717) is 29.7 Å². The maximum atomic E-state index is 10.8. The lowest BCUT2D eigenvalue weighted by Gasteiger charge is -2.35. The van der Waals surface area contributed by atoms with Crippen molar-refractivity contribution in [3.63, 3.8) is 0 Å². The Morgan fingerprint density at radius 2 is 1.80 bits per heavy atom. The number of aliphatic hydroxyl groups excluding tert-OH is 1. The van der Waals surface area contributed by atoms with Crippen LogP contribution in [0.15, 0.2) is 48.5 Å². The van der Waals surface area contributed by atoms with Gasteiger partial charge in [-0.05, 0) is 18.2 Å². The molecule has 1 unspecified atom stereocenters. The highest BCUT2D eigenvalue weighted by atomic mass is 35.5. The van der Waals surface area contributed by atoms with E-state index < -0.39 is 11.0 Å². The number of non-ortho nitro benzene ring substituents is 1. The van der Waals surface area contributed by atoms with E-state index in [4.69, 9.17) is 21.1 Å². The molecular weight excluding hydrogens is 410 g/mol. The van der Waals surface area contributed by atoms with E-state index in [0.717, 1.165) is 32.7 Å². The lowest BCUT2D eigenvalue weighted by Crippen LogP contribution is -2.50. The molecule has 162 valence electrons. The summed E-state index contributed by atoms with van der Waals surface area (Å²) in [5, 5.41) is 21.7. The summed E-state index contributed by atoms with van der Waals surface area (Å²) in [6, 6.07) is 13.4. The van der Waals surface area contributed by atoms with Gasteiger partial charge < -0.3 is 14.6 Å². The number of hydrogen-bond donors (Lipinski definition) is 1. The molecule has 30 heavy (non-hydrogen) atoms. The van der Waals surface area contributed by atoms with Gasteiger partial charge in [0.15, 0.2) is 0 Å². The normalized spacial score (nSPS) is 16.2. The molecule has 2 aromatic rings. The number of nitro benzene ring substituents is 1. The molecule has 8 nitrogen and oxygen atoms in total. The predicted molar refractivity (Wildman–Crippen MR) is 114 cm³/mol. The van der Waals surface area contributed by atoms with Crippen molar-refractivity contribution in [3.05, 3.63) is 63.7 Å². The van der Waals surface area contributed by atoms with Gasteiger partial charge in [0.2, 0.25) is 0 Å². The summed E-state index contributed by atoms with van der Waals surface area (Å²) in [5.41, 5.74) is -0.0309. The van der Waals surface area contributed by atoms with Crippen molar-refractivity contribution in [3.8, 4) is 11.5 Å². The number of benzene rings is 2. The Hall–Kier alpha value is -2.39. The first-order valence-corrected chi connectivity index (χ1v) is 10.3. The molecule has 1 N–H and O–H groups in total. The van der Waals surface area contributed by atoms with Crippen molar-refractivity contribution in [1.82, 2.24) is 9.80 Å². The smallest absolute Gasteiger partial charge is 0.273 e. The van der Waals surface area contributed by atoms with Gasteiger partial charge in [0.05, 0.1) is 16.0 Å². The third kappa shape index (κ3) is 6.84. The predicted octanol–water partition coefficient (Wildman–Crippen LogP) is 2.68. The van der Waals surface area contributed by atoms with Gasteiger partial charge in [-0.15, -0.1) is 0 Å². The number of nitro groups is 1. The van der Waals surface area contributed by atoms with Gasteiger partial charge in [-0.3, -0.25) is 19.9 Å². The number of hydrogen-bond acceptors (Lipinski definition) is 7. The van der Waals surface area contributed by atoms with E-state index in [1.807, 2.05) is 24.3 Å². The summed E-state index contributed by atoms with van der Waals surface area (Å²) in [6.07, 6.45) is -0.667. The minimum absolute atomic E-state index is 0.0309.